The summed E-state index contributed by atoms with van der Waals surface area (Å²) in [5.74, 6) is 0. The first-order chi connectivity index (χ1) is 10.4. The van der Waals surface area contributed by atoms with Crippen LogP contribution in [0.4, 0.5) is 0 Å². The second-order valence-corrected chi connectivity index (χ2v) is 4.56. The fourth-order valence-corrected chi connectivity index (χ4v) is 2.28. The molecule has 22 heavy (non-hydrogen) atoms. The van der Waals surface area contributed by atoms with Gasteiger partial charge in [-0.1, -0.05) is 36.0 Å². The van der Waals surface area contributed by atoms with Gasteiger partial charge in [-0.25, -0.2) is 0 Å². The quantitative estimate of drug-likeness (QED) is 0.338. The van der Waals surface area contributed by atoms with Crippen molar-refractivity contribution in [1.29, 1.82) is 0 Å². The molecule has 0 spiro atoms. The second-order valence-electron chi connectivity index (χ2n) is 4.56. The van der Waals surface area contributed by atoms with Gasteiger partial charge in [-0.15, -0.1) is 0 Å². The summed E-state index contributed by atoms with van der Waals surface area (Å²) < 4.78 is 3.78. The summed E-state index contributed by atoms with van der Waals surface area (Å²) in [6.45, 7) is 0. The zero-order valence-corrected chi connectivity index (χ0v) is 13.9. The van der Waals surface area contributed by atoms with Gasteiger partial charge in [0.05, 0.1) is 6.20 Å². The minimum atomic E-state index is 0. The van der Waals surface area contributed by atoms with Crippen LogP contribution in [-0.2, 0) is 20.1 Å². The molecule has 0 aliphatic heterocycles. The predicted octanol–water partition coefficient (Wildman–Crippen LogP) is 2.30. The van der Waals surface area contributed by atoms with Crippen molar-refractivity contribution in [3.05, 3.63) is 79.4 Å². The van der Waals surface area contributed by atoms with Gasteiger partial charge in [0.2, 0.25) is 5.65 Å². The summed E-state index contributed by atoms with van der Waals surface area (Å²) in [6, 6.07) is 20.9. The molecule has 0 amide bonds. The van der Waals surface area contributed by atoms with Gasteiger partial charge >= 0.3 is 0 Å². The monoisotopic (exact) mass is 464 g/mol. The van der Waals surface area contributed by atoms with E-state index in [9.17, 15) is 0 Å². The number of fused-ring (bicyclic) bond motifs is 1. The minimum Gasteiger partial charge on any atom is -0.332 e. The predicted molar refractivity (Wildman–Crippen MR) is 78.1 cm³/mol. The van der Waals surface area contributed by atoms with E-state index in [-0.39, 0.29) is 20.1 Å². The standard InChI is InChI=1S/C17H11N4.Ir/c1-3-7-14(8-4-1)20-13-21(15-9-5-2-6-10-15)17-16(20)18-11-12-19-17;/h1-9,11-12H;/q-1;. The van der Waals surface area contributed by atoms with Crippen molar-refractivity contribution in [1.82, 2.24) is 14.5 Å². The van der Waals surface area contributed by atoms with Gasteiger partial charge in [0.15, 0.2) is 12.0 Å². The maximum atomic E-state index is 4.44. The van der Waals surface area contributed by atoms with Crippen LogP contribution < -0.4 is 4.57 Å². The second kappa shape index (κ2) is 6.18. The van der Waals surface area contributed by atoms with Crippen molar-refractivity contribution in [3.8, 4) is 11.4 Å². The maximum Gasteiger partial charge on any atom is 0.227 e. The average Bonchev–Trinajstić information content (AvgIpc) is 2.96. The van der Waals surface area contributed by atoms with Gasteiger partial charge in [-0.2, -0.15) is 35.3 Å². The van der Waals surface area contributed by atoms with Crippen molar-refractivity contribution >= 4 is 11.3 Å². The molecular formula is C17H11IrN4-. The summed E-state index contributed by atoms with van der Waals surface area (Å²) in [4.78, 5) is 8.87. The number of aromatic nitrogens is 4. The first kappa shape index (κ1) is 14.6. The fourth-order valence-electron chi connectivity index (χ4n) is 2.28. The Hall–Kier alpha value is -2.36. The number of para-hydroxylation sites is 2. The van der Waals surface area contributed by atoms with Crippen molar-refractivity contribution in [3.63, 3.8) is 0 Å². The van der Waals surface area contributed by atoms with Gasteiger partial charge in [-0.05, 0) is 0 Å². The van der Waals surface area contributed by atoms with Gasteiger partial charge in [-0.3, -0.25) is 9.55 Å². The third-order valence-corrected chi connectivity index (χ3v) is 3.23. The van der Waals surface area contributed by atoms with Crippen LogP contribution >= 0.6 is 0 Å². The molecule has 0 saturated heterocycles. The Morgan fingerprint density at radius 2 is 1.68 bits per heavy atom. The Labute approximate surface area is 141 Å². The molecule has 2 heterocycles. The SMILES string of the molecule is [Ir].[c-]1ccccc1-n1[c-][n+](-c2ccccc2)c2nccnc21. The van der Waals surface area contributed by atoms with E-state index in [1.54, 1.807) is 12.4 Å². The first-order valence-corrected chi connectivity index (χ1v) is 6.63. The van der Waals surface area contributed by atoms with E-state index < -0.39 is 0 Å². The molecule has 1 radical (unpaired) electrons. The van der Waals surface area contributed by atoms with E-state index >= 15 is 0 Å². The Kier molecular flexibility index (Phi) is 4.09. The minimum absolute atomic E-state index is 0. The molecule has 0 fully saturated rings. The number of nitrogens with zero attached hydrogens (tertiary/aromatic N) is 4. The van der Waals surface area contributed by atoms with E-state index in [2.05, 4.69) is 22.4 Å². The molecule has 0 saturated carbocycles. The normalized spacial score (nSPS) is 10.4. The molecular weight excluding hydrogens is 452 g/mol. The number of imidazole rings is 1. The molecule has 0 bridgehead atoms. The van der Waals surface area contributed by atoms with Crippen LogP contribution in [0.3, 0.4) is 0 Å². The molecule has 4 aromatic rings. The Balaban J connectivity index is 0.00000144. The van der Waals surface area contributed by atoms with Gasteiger partial charge in [0.25, 0.3) is 0 Å². The third-order valence-electron chi connectivity index (χ3n) is 3.23. The first-order valence-electron chi connectivity index (χ1n) is 6.63. The van der Waals surface area contributed by atoms with Crippen LogP contribution in [0.15, 0.2) is 67.0 Å². The van der Waals surface area contributed by atoms with Crippen molar-refractivity contribution in [2.75, 3.05) is 0 Å². The molecule has 2 aromatic heterocycles. The maximum absolute atomic E-state index is 4.44. The van der Waals surface area contributed by atoms with Crippen LogP contribution in [0.5, 0.6) is 0 Å². The summed E-state index contributed by atoms with van der Waals surface area (Å²) in [7, 11) is 0. The van der Waals surface area contributed by atoms with E-state index in [0.29, 0.717) is 0 Å². The summed E-state index contributed by atoms with van der Waals surface area (Å²) in [5, 5.41) is 0. The number of hydrogen-bond acceptors (Lipinski definition) is 2. The van der Waals surface area contributed by atoms with Crippen molar-refractivity contribution in [2.24, 2.45) is 0 Å². The molecule has 5 heteroatoms. The summed E-state index contributed by atoms with van der Waals surface area (Å²) in [6.07, 6.45) is 6.67. The molecule has 0 aliphatic rings. The zero-order valence-electron chi connectivity index (χ0n) is 11.5. The summed E-state index contributed by atoms with van der Waals surface area (Å²) in [5.41, 5.74) is 3.40. The molecule has 4 rings (SSSR count). The smallest absolute Gasteiger partial charge is 0.227 e. The number of hydrogen-bond donors (Lipinski definition) is 0. The van der Waals surface area contributed by atoms with Crippen LogP contribution in [-0.4, -0.2) is 14.5 Å². The van der Waals surface area contributed by atoms with Gasteiger partial charge in [0.1, 0.15) is 6.20 Å². The van der Waals surface area contributed by atoms with Crippen LogP contribution in [0, 0.1) is 12.4 Å². The van der Waals surface area contributed by atoms with E-state index in [4.69, 9.17) is 0 Å². The van der Waals surface area contributed by atoms with Crippen molar-refractivity contribution < 1.29 is 24.7 Å². The van der Waals surface area contributed by atoms with E-state index in [1.807, 2.05) is 63.7 Å². The van der Waals surface area contributed by atoms with E-state index in [0.717, 1.165) is 22.7 Å². The molecule has 0 atom stereocenters. The zero-order chi connectivity index (χ0) is 14.1. The fraction of sp³-hybridized carbons (Fsp3) is 0. The third kappa shape index (κ3) is 2.45. The van der Waals surface area contributed by atoms with Crippen LogP contribution in [0.25, 0.3) is 22.7 Å². The Morgan fingerprint density at radius 1 is 0.909 bits per heavy atom. The van der Waals surface area contributed by atoms with Gasteiger partial charge < -0.3 is 4.57 Å². The van der Waals surface area contributed by atoms with Crippen LogP contribution in [0.1, 0.15) is 0 Å². The topological polar surface area (TPSA) is 34.6 Å². The largest absolute Gasteiger partial charge is 0.332 e. The Morgan fingerprint density at radius 3 is 2.45 bits per heavy atom. The molecule has 4 nitrogen and oxygen atoms in total. The number of benzene rings is 2. The van der Waals surface area contributed by atoms with Crippen LogP contribution in [0.2, 0.25) is 0 Å². The molecule has 0 N–H and O–H groups in total. The number of rotatable bonds is 2. The molecule has 2 aromatic carbocycles. The van der Waals surface area contributed by atoms with E-state index in [1.165, 1.54) is 0 Å². The summed E-state index contributed by atoms with van der Waals surface area (Å²) >= 11 is 0. The average molecular weight is 464 g/mol. The van der Waals surface area contributed by atoms with Gasteiger partial charge in [0, 0.05) is 25.8 Å². The molecule has 0 aliphatic carbocycles. The molecule has 0 unspecified atom stereocenters. The Bertz CT molecular complexity index is 815. The van der Waals surface area contributed by atoms with Crippen molar-refractivity contribution in [2.45, 2.75) is 0 Å². The molecule has 109 valence electrons.